The molecule has 186 valence electrons. The van der Waals surface area contributed by atoms with Crippen molar-refractivity contribution in [1.29, 1.82) is 0 Å². The van der Waals surface area contributed by atoms with Crippen LogP contribution in [0.25, 0.3) is 0 Å². The number of anilines is 3. The summed E-state index contributed by atoms with van der Waals surface area (Å²) in [5.41, 5.74) is -0.488. The van der Waals surface area contributed by atoms with Gasteiger partial charge < -0.3 is 26.0 Å². The maximum absolute atomic E-state index is 13.5. The minimum absolute atomic E-state index is 0.0563. The highest BCUT2D eigenvalue weighted by Crippen LogP contribution is 2.37. The molecule has 0 radical (unpaired) electrons. The van der Waals surface area contributed by atoms with Crippen molar-refractivity contribution < 1.29 is 27.5 Å². The summed E-state index contributed by atoms with van der Waals surface area (Å²) in [6.07, 6.45) is -1.94. The van der Waals surface area contributed by atoms with Crippen molar-refractivity contribution in [3.05, 3.63) is 97.0 Å². The number of hydrogen-bond acceptors (Lipinski definition) is 5. The zero-order chi connectivity index (χ0) is 26.3. The first-order valence-electron chi connectivity index (χ1n) is 10.4. The number of benzene rings is 2. The van der Waals surface area contributed by atoms with E-state index in [1.165, 1.54) is 37.5 Å². The molecule has 0 aliphatic heterocycles. The number of allylic oxidation sites excluding steroid dienone is 1. The minimum Gasteiger partial charge on any atom is -0.457 e. The van der Waals surface area contributed by atoms with Crippen molar-refractivity contribution in [2.45, 2.75) is 6.18 Å². The number of carbonyl (C=O) groups excluding carboxylic acids is 2. The molecule has 8 nitrogen and oxygen atoms in total. The number of ether oxygens (including phenoxy) is 1. The molecule has 0 spiro atoms. The maximum atomic E-state index is 13.5. The number of nitrogens with zero attached hydrogens (tertiary/aromatic N) is 1. The van der Waals surface area contributed by atoms with E-state index in [4.69, 9.17) is 4.74 Å². The summed E-state index contributed by atoms with van der Waals surface area (Å²) in [7, 11) is 1.49. The fraction of sp³-hybridized carbons (Fsp3) is 0.0800. The molecule has 0 aliphatic rings. The highest BCUT2D eigenvalue weighted by atomic mass is 19.4. The standard InChI is InChI=1S/C25H22F3N5O3/c1-4-15(2)31-21-10-7-17(13-20(21)25(26,27)28)33-24(35)32-16-5-8-18(9-6-16)36-19-11-12-30-22(14-19)23(34)29-3/h4-14,31H,1-2H2,3H3,(H,29,34)(H2,32,33,35). The van der Waals surface area contributed by atoms with Gasteiger partial charge in [-0.15, -0.1) is 0 Å². The smallest absolute Gasteiger partial charge is 0.418 e. The number of aromatic nitrogens is 1. The van der Waals surface area contributed by atoms with Gasteiger partial charge in [0.25, 0.3) is 5.91 Å². The second kappa shape index (κ2) is 11.1. The van der Waals surface area contributed by atoms with E-state index in [1.54, 1.807) is 30.3 Å². The second-order valence-corrected chi connectivity index (χ2v) is 7.27. The van der Waals surface area contributed by atoms with Crippen molar-refractivity contribution in [2.75, 3.05) is 23.0 Å². The fourth-order valence-corrected chi connectivity index (χ4v) is 2.95. The van der Waals surface area contributed by atoms with E-state index in [1.807, 2.05) is 0 Å². The Hall–Kier alpha value is -4.80. The summed E-state index contributed by atoms with van der Waals surface area (Å²) in [5, 5.41) is 9.91. The molecule has 11 heteroatoms. The zero-order valence-electron chi connectivity index (χ0n) is 19.1. The van der Waals surface area contributed by atoms with E-state index in [0.29, 0.717) is 17.2 Å². The molecule has 0 atom stereocenters. The van der Waals surface area contributed by atoms with Crippen LogP contribution < -0.4 is 26.0 Å². The molecule has 1 aromatic heterocycles. The number of halogens is 3. The van der Waals surface area contributed by atoms with Gasteiger partial charge in [-0.2, -0.15) is 13.2 Å². The van der Waals surface area contributed by atoms with Crippen LogP contribution in [0.2, 0.25) is 0 Å². The lowest BCUT2D eigenvalue weighted by Crippen LogP contribution is -2.20. The summed E-state index contributed by atoms with van der Waals surface area (Å²) in [4.78, 5) is 28.0. The Morgan fingerprint density at radius 3 is 2.25 bits per heavy atom. The van der Waals surface area contributed by atoms with Crippen molar-refractivity contribution in [3.63, 3.8) is 0 Å². The molecule has 2 aromatic carbocycles. The van der Waals surface area contributed by atoms with E-state index >= 15 is 0 Å². The highest BCUT2D eigenvalue weighted by Gasteiger charge is 2.34. The van der Waals surface area contributed by atoms with E-state index in [2.05, 4.69) is 39.4 Å². The number of nitrogens with one attached hydrogen (secondary N) is 4. The molecule has 3 rings (SSSR count). The number of amides is 3. The van der Waals surface area contributed by atoms with Gasteiger partial charge in [0.15, 0.2) is 0 Å². The van der Waals surface area contributed by atoms with Gasteiger partial charge in [-0.25, -0.2) is 4.79 Å². The van der Waals surface area contributed by atoms with Crippen LogP contribution in [0.1, 0.15) is 16.1 Å². The topological polar surface area (TPSA) is 104 Å². The Kier molecular flexibility index (Phi) is 7.95. The largest absolute Gasteiger partial charge is 0.457 e. The third-order valence-electron chi connectivity index (χ3n) is 4.66. The van der Waals surface area contributed by atoms with Crippen LogP contribution in [0.5, 0.6) is 11.5 Å². The van der Waals surface area contributed by atoms with Gasteiger partial charge in [0.05, 0.1) is 11.3 Å². The number of carbonyl (C=O) groups is 2. The van der Waals surface area contributed by atoms with Crippen LogP contribution in [-0.2, 0) is 6.18 Å². The summed E-state index contributed by atoms with van der Waals surface area (Å²) in [6, 6.07) is 11.9. The predicted octanol–water partition coefficient (Wildman–Crippen LogP) is 6.01. The van der Waals surface area contributed by atoms with Crippen LogP contribution >= 0.6 is 0 Å². The molecular weight excluding hydrogens is 475 g/mol. The third kappa shape index (κ3) is 6.86. The first kappa shape index (κ1) is 25.8. The second-order valence-electron chi connectivity index (χ2n) is 7.27. The van der Waals surface area contributed by atoms with Crippen LogP contribution in [0, 0.1) is 0 Å². The Balaban J connectivity index is 1.65. The van der Waals surface area contributed by atoms with Crippen molar-refractivity contribution in [1.82, 2.24) is 10.3 Å². The lowest BCUT2D eigenvalue weighted by Gasteiger charge is -2.16. The Morgan fingerprint density at radius 1 is 0.944 bits per heavy atom. The average Bonchev–Trinajstić information content (AvgIpc) is 2.85. The SMILES string of the molecule is C=CC(=C)Nc1ccc(NC(=O)Nc2ccc(Oc3ccnc(C(=O)NC)c3)cc2)cc1C(F)(F)F. The van der Waals surface area contributed by atoms with Gasteiger partial charge in [0.2, 0.25) is 0 Å². The first-order chi connectivity index (χ1) is 17.1. The molecule has 3 aromatic rings. The van der Waals surface area contributed by atoms with Crippen molar-refractivity contribution in [2.24, 2.45) is 0 Å². The van der Waals surface area contributed by atoms with E-state index < -0.39 is 17.8 Å². The first-order valence-corrected chi connectivity index (χ1v) is 10.4. The van der Waals surface area contributed by atoms with Gasteiger partial charge >= 0.3 is 12.2 Å². The van der Waals surface area contributed by atoms with E-state index in [9.17, 15) is 22.8 Å². The van der Waals surface area contributed by atoms with Gasteiger partial charge in [-0.3, -0.25) is 9.78 Å². The number of alkyl halides is 3. The summed E-state index contributed by atoms with van der Waals surface area (Å²) in [6.45, 7) is 7.00. The molecule has 0 saturated heterocycles. The number of hydrogen-bond donors (Lipinski definition) is 4. The van der Waals surface area contributed by atoms with Gasteiger partial charge in [0, 0.05) is 36.4 Å². The van der Waals surface area contributed by atoms with Gasteiger partial charge in [0.1, 0.15) is 17.2 Å². The minimum atomic E-state index is -4.66. The van der Waals surface area contributed by atoms with Gasteiger partial charge in [-0.1, -0.05) is 13.2 Å². The molecular formula is C25H22F3N5O3. The normalized spacial score (nSPS) is 10.7. The maximum Gasteiger partial charge on any atom is 0.418 e. The monoisotopic (exact) mass is 497 g/mol. The van der Waals surface area contributed by atoms with Crippen molar-refractivity contribution >= 4 is 29.0 Å². The Labute approximate surface area is 204 Å². The fourth-order valence-electron chi connectivity index (χ4n) is 2.95. The van der Waals surface area contributed by atoms with Crippen LogP contribution in [0.15, 0.2) is 85.7 Å². The summed E-state index contributed by atoms with van der Waals surface area (Å²) in [5.74, 6) is 0.452. The lowest BCUT2D eigenvalue weighted by atomic mass is 10.1. The molecule has 0 aliphatic carbocycles. The Bertz CT molecular complexity index is 1290. The Morgan fingerprint density at radius 2 is 1.61 bits per heavy atom. The van der Waals surface area contributed by atoms with Gasteiger partial charge in [-0.05, 0) is 54.6 Å². The molecule has 0 unspecified atom stereocenters. The number of urea groups is 1. The molecule has 0 bridgehead atoms. The van der Waals surface area contributed by atoms with Crippen LogP contribution in [-0.4, -0.2) is 24.0 Å². The average molecular weight is 497 g/mol. The zero-order valence-corrected chi connectivity index (χ0v) is 19.1. The van der Waals surface area contributed by atoms with Crippen LogP contribution in [0.4, 0.5) is 35.0 Å². The highest BCUT2D eigenvalue weighted by molar-refractivity contribution is 6.00. The predicted molar refractivity (Wildman–Crippen MR) is 131 cm³/mol. The third-order valence-corrected chi connectivity index (χ3v) is 4.66. The molecule has 4 N–H and O–H groups in total. The molecule has 0 fully saturated rings. The summed E-state index contributed by atoms with van der Waals surface area (Å²) >= 11 is 0. The van der Waals surface area contributed by atoms with E-state index in [-0.39, 0.29) is 28.7 Å². The molecule has 0 saturated carbocycles. The number of rotatable bonds is 8. The van der Waals surface area contributed by atoms with Crippen LogP contribution in [0.3, 0.4) is 0 Å². The van der Waals surface area contributed by atoms with E-state index in [0.717, 1.165) is 6.07 Å². The molecule has 36 heavy (non-hydrogen) atoms. The van der Waals surface area contributed by atoms with Crippen molar-refractivity contribution in [3.8, 4) is 11.5 Å². The quantitative estimate of drug-likeness (QED) is 0.286. The summed E-state index contributed by atoms with van der Waals surface area (Å²) < 4.78 is 46.1. The number of pyridine rings is 1. The molecule has 1 heterocycles. The molecule has 3 amide bonds. The lowest BCUT2D eigenvalue weighted by molar-refractivity contribution is -0.136.